The summed E-state index contributed by atoms with van der Waals surface area (Å²) in [4.78, 5) is 0. The summed E-state index contributed by atoms with van der Waals surface area (Å²) < 4.78 is 0. The summed E-state index contributed by atoms with van der Waals surface area (Å²) in [7, 11) is 0. The van der Waals surface area contributed by atoms with E-state index in [4.69, 9.17) is 0 Å². The van der Waals surface area contributed by atoms with E-state index < -0.39 is 0 Å². The zero-order valence-corrected chi connectivity index (χ0v) is 13.8. The van der Waals surface area contributed by atoms with Crippen LogP contribution < -0.4 is 50.9 Å². The molecule has 0 aliphatic carbocycles. The minimum absolute atomic E-state index is 0. The predicted octanol–water partition coefficient (Wildman–Crippen LogP) is -16.4. The maximum Gasteiger partial charge on any atom is 3.00 e. The molecule has 0 rings (SSSR count). The molecule has 0 fully saturated rings. The molecule has 0 aliphatic rings. The zero-order valence-electron chi connectivity index (χ0n) is 6.21. The van der Waals surface area contributed by atoms with Crippen molar-refractivity contribution in [3.63, 3.8) is 0 Å². The van der Waals surface area contributed by atoms with Crippen LogP contribution in [0.4, 0.5) is 0 Å². The fourth-order valence-electron chi connectivity index (χ4n) is 0. The van der Waals surface area contributed by atoms with E-state index in [0.29, 0.717) is 0 Å². The molecule has 0 aromatic rings. The van der Waals surface area contributed by atoms with Gasteiger partial charge in [0.05, 0.1) is 0 Å². The van der Waals surface area contributed by atoms with Crippen LogP contribution in [-0.4, -0.2) is 49.3 Å². The first-order chi connectivity index (χ1) is 0. The van der Waals surface area contributed by atoms with Crippen LogP contribution in [0.25, 0.3) is 0 Å². The van der Waals surface area contributed by atoms with Crippen molar-refractivity contribution in [2.24, 2.45) is 0 Å². The Labute approximate surface area is 132 Å². The van der Waals surface area contributed by atoms with Gasteiger partial charge < -0.3 is 100 Å². The van der Waals surface area contributed by atoms with E-state index in [2.05, 4.69) is 0 Å². The minimum atomic E-state index is 0. The molecule has 13 heteroatoms. The molecular weight excluding hydrogens is 473 g/mol. The first-order valence-corrected chi connectivity index (χ1v) is 0. The predicted molar refractivity (Wildman–Crippen MR) is 32.5 cm³/mol. The molecule has 0 atom stereocenters. The second-order valence-electron chi connectivity index (χ2n) is 0. The quantitative estimate of drug-likeness (QED) is 0.305. The molecule has 13 heavy (non-hydrogen) atoms. The van der Waals surface area contributed by atoms with Gasteiger partial charge in [-0.3, -0.25) is 0 Å². The summed E-state index contributed by atoms with van der Waals surface area (Å²) >= 11 is 0. The van der Waals surface area contributed by atoms with Crippen LogP contribution in [0.1, 0.15) is 0 Å². The topological polar surface area (TPSA) is 284 Å². The van der Waals surface area contributed by atoms with Gasteiger partial charge in [-0.25, -0.2) is 0 Å². The Morgan fingerprint density at radius 2 is 0.231 bits per heavy atom. The Hall–Kier alpha value is 2.18. The summed E-state index contributed by atoms with van der Waals surface area (Å²) in [6.07, 6.45) is 0. The Bertz CT molecular complexity index is 14.8. The molecule has 0 aromatic heterocycles. The molecule has 18 N–H and O–H groups in total. The van der Waals surface area contributed by atoms with Gasteiger partial charge in [-0.1, -0.05) is 0 Å². The van der Waals surface area contributed by atoms with Crippen molar-refractivity contribution in [3.05, 3.63) is 0 Å². The van der Waals surface area contributed by atoms with Gasteiger partial charge in [0.15, 0.2) is 0 Å². The van der Waals surface area contributed by atoms with Crippen LogP contribution in [0.5, 0.6) is 0 Å². The van der Waals surface area contributed by atoms with Crippen LogP contribution in [0, 0.1) is 0 Å². The maximum absolute atomic E-state index is 0. The largest absolute Gasteiger partial charge is 3.00 e. The van der Waals surface area contributed by atoms with Crippen LogP contribution in [-0.2, 0) is 32.7 Å². The Morgan fingerprint density at radius 1 is 0.231 bits per heavy atom. The molecule has 0 aliphatic heterocycles. The van der Waals surface area contributed by atoms with Gasteiger partial charge in [0, 0.05) is 0 Å². The molecule has 96 valence electrons. The van der Waals surface area contributed by atoms with Crippen molar-refractivity contribution < 1.29 is 133 Å². The van der Waals surface area contributed by atoms with Crippen molar-refractivity contribution in [2.45, 2.75) is 0 Å². The van der Waals surface area contributed by atoms with Gasteiger partial charge in [0.2, 0.25) is 0 Å². The first-order valence-electron chi connectivity index (χ1n) is 0. The van der Waals surface area contributed by atoms with Crippen LogP contribution in [0.3, 0.4) is 0 Å². The average molecular weight is 491 g/mol. The molecule has 0 bridgehead atoms. The van der Waals surface area contributed by atoms with Crippen molar-refractivity contribution in [3.8, 4) is 0 Å². The Balaban J connectivity index is 0. The van der Waals surface area contributed by atoms with E-state index >= 15 is 0 Å². The summed E-state index contributed by atoms with van der Waals surface area (Å²) in [5.74, 6) is 0. The third kappa shape index (κ3) is 441. The molecule has 0 amide bonds. The second-order valence-corrected chi connectivity index (χ2v) is 0. The van der Waals surface area contributed by atoms with Crippen molar-refractivity contribution in [1.29, 1.82) is 0 Å². The standard InChI is InChI=1S/3BrH.9H2O.Y/h3*1H;9*1H2;/q;;;;;;;;;;;;+3/p-3. The molecule has 0 saturated carbocycles. The molecule has 0 spiro atoms. The van der Waals surface area contributed by atoms with Crippen molar-refractivity contribution >= 4 is 0 Å². The van der Waals surface area contributed by atoms with E-state index in [1.54, 1.807) is 0 Å². The minimum Gasteiger partial charge on any atom is -1.00 e. The van der Waals surface area contributed by atoms with E-state index in [1.807, 2.05) is 0 Å². The second kappa shape index (κ2) is 517. The number of rotatable bonds is 0. The molecule has 0 aromatic carbocycles. The monoisotopic (exact) mass is 488 g/mol. The number of hydrogen-bond acceptors (Lipinski definition) is 0. The normalized spacial score (nSPS) is 0. The number of halogens is 3. The Morgan fingerprint density at radius 3 is 0.231 bits per heavy atom. The molecule has 9 nitrogen and oxygen atoms in total. The fourth-order valence-corrected chi connectivity index (χ4v) is 0. The van der Waals surface area contributed by atoms with E-state index in [0.717, 1.165) is 0 Å². The third-order valence-electron chi connectivity index (χ3n) is 0. The van der Waals surface area contributed by atoms with Crippen molar-refractivity contribution in [2.75, 3.05) is 0 Å². The van der Waals surface area contributed by atoms with E-state index in [1.165, 1.54) is 0 Å². The van der Waals surface area contributed by atoms with Crippen LogP contribution >= 0.6 is 0 Å². The van der Waals surface area contributed by atoms with Crippen molar-refractivity contribution in [1.82, 2.24) is 0 Å². The van der Waals surface area contributed by atoms with Crippen LogP contribution in [0.15, 0.2) is 0 Å². The fraction of sp³-hybridized carbons (Fsp3) is 0. The Kier molecular flexibility index (Phi) is 25500. The number of hydrogen-bond donors (Lipinski definition) is 0. The first kappa shape index (κ1) is 640. The van der Waals surface area contributed by atoms with Gasteiger partial charge in [-0.05, 0) is 0 Å². The smallest absolute Gasteiger partial charge is 1.00 e. The molecule has 0 unspecified atom stereocenters. The van der Waals surface area contributed by atoms with Gasteiger partial charge in [0.1, 0.15) is 0 Å². The third-order valence-corrected chi connectivity index (χ3v) is 0. The molecular formula is H18Br3O9Y. The van der Waals surface area contributed by atoms with Crippen LogP contribution in [0.2, 0.25) is 0 Å². The van der Waals surface area contributed by atoms with E-state index in [-0.39, 0.29) is 133 Å². The zero-order chi connectivity index (χ0) is 0. The van der Waals surface area contributed by atoms with Gasteiger partial charge in [0.25, 0.3) is 0 Å². The molecule has 0 heterocycles. The maximum atomic E-state index is 0. The molecule has 0 saturated heterocycles. The van der Waals surface area contributed by atoms with Gasteiger partial charge in [-0.2, -0.15) is 0 Å². The van der Waals surface area contributed by atoms with E-state index in [9.17, 15) is 0 Å². The summed E-state index contributed by atoms with van der Waals surface area (Å²) in [5.41, 5.74) is 0. The van der Waals surface area contributed by atoms with Gasteiger partial charge in [-0.15, -0.1) is 0 Å². The summed E-state index contributed by atoms with van der Waals surface area (Å²) in [6.45, 7) is 0. The van der Waals surface area contributed by atoms with Gasteiger partial charge >= 0.3 is 32.7 Å². The summed E-state index contributed by atoms with van der Waals surface area (Å²) in [6, 6.07) is 0. The average Bonchev–Trinajstić information content (AvgIpc) is 0. The SMILES string of the molecule is O.O.O.O.O.O.O.O.O.[Br-].[Br-].[Br-].[Y+3]. The molecule has 0 radical (unpaired) electrons. The summed E-state index contributed by atoms with van der Waals surface area (Å²) in [5, 5.41) is 0.